The molecular weight excluding hydrogens is 144 g/mol. The Labute approximate surface area is 77.1 Å². The number of allylic oxidation sites excluding steroid dienone is 2. The fourth-order valence-corrected chi connectivity index (χ4v) is 2.43. The second-order valence-corrected chi connectivity index (χ2v) is 3.71. The molecule has 0 nitrogen and oxygen atoms in total. The van der Waals surface area contributed by atoms with Crippen LogP contribution >= 0.6 is 0 Å². The molecule has 0 amide bonds. The van der Waals surface area contributed by atoms with Gasteiger partial charge in [0, 0.05) is 0 Å². The van der Waals surface area contributed by atoms with Crippen LogP contribution in [0.1, 0.15) is 52.4 Å². The summed E-state index contributed by atoms with van der Waals surface area (Å²) in [6, 6.07) is 0. The summed E-state index contributed by atoms with van der Waals surface area (Å²) >= 11 is 0. The summed E-state index contributed by atoms with van der Waals surface area (Å²) in [7, 11) is 0. The minimum Gasteiger partial charge on any atom is -0.0882 e. The molecule has 2 aliphatic carbocycles. The first kappa shape index (κ1) is 9.83. The van der Waals surface area contributed by atoms with Crippen LogP contribution in [0.25, 0.3) is 0 Å². The van der Waals surface area contributed by atoms with E-state index in [9.17, 15) is 0 Å². The summed E-state index contributed by atoms with van der Waals surface area (Å²) in [5.41, 5.74) is 0. The molecule has 2 atom stereocenters. The van der Waals surface area contributed by atoms with Crippen molar-refractivity contribution in [2.24, 2.45) is 11.8 Å². The smallest absolute Gasteiger partial charge is 0.0205 e. The van der Waals surface area contributed by atoms with Crippen molar-refractivity contribution >= 4 is 0 Å². The maximum atomic E-state index is 2.47. The minimum absolute atomic E-state index is 0.975. The van der Waals surface area contributed by atoms with Gasteiger partial charge in [0.1, 0.15) is 0 Å². The van der Waals surface area contributed by atoms with Crippen molar-refractivity contribution in [1.29, 1.82) is 0 Å². The van der Waals surface area contributed by atoms with Crippen molar-refractivity contribution in [1.82, 2.24) is 0 Å². The lowest BCUT2D eigenvalue weighted by Crippen LogP contribution is -2.19. The van der Waals surface area contributed by atoms with Crippen LogP contribution < -0.4 is 0 Å². The number of hydrogen-bond donors (Lipinski definition) is 0. The van der Waals surface area contributed by atoms with Gasteiger partial charge in [0.15, 0.2) is 0 Å². The van der Waals surface area contributed by atoms with Crippen LogP contribution in [-0.2, 0) is 0 Å². The van der Waals surface area contributed by atoms with Gasteiger partial charge < -0.3 is 0 Å². The first-order chi connectivity index (χ1) is 5.97. The van der Waals surface area contributed by atoms with E-state index in [1.54, 1.807) is 0 Å². The number of hydrogen-bond acceptors (Lipinski definition) is 0. The topological polar surface area (TPSA) is 0 Å². The Hall–Kier alpha value is -0.260. The number of rotatable bonds is 0. The van der Waals surface area contributed by atoms with E-state index in [1.165, 1.54) is 38.5 Å². The third-order valence-electron chi connectivity index (χ3n) is 3.06. The summed E-state index contributed by atoms with van der Waals surface area (Å²) < 4.78 is 0. The summed E-state index contributed by atoms with van der Waals surface area (Å²) in [6.07, 6.45) is 13.6. The summed E-state index contributed by atoms with van der Waals surface area (Å²) in [6.45, 7) is 4.00. The molecule has 12 heavy (non-hydrogen) atoms. The van der Waals surface area contributed by atoms with Gasteiger partial charge in [-0.2, -0.15) is 0 Å². The highest BCUT2D eigenvalue weighted by molar-refractivity contribution is 4.98. The maximum absolute atomic E-state index is 2.47. The second kappa shape index (κ2) is 5.40. The molecule has 2 aliphatic rings. The molecule has 0 aliphatic heterocycles. The molecule has 70 valence electrons. The van der Waals surface area contributed by atoms with Gasteiger partial charge in [-0.3, -0.25) is 0 Å². The molecular formula is C12H22. The number of fused-ring (bicyclic) bond motifs is 1. The summed E-state index contributed by atoms with van der Waals surface area (Å²) in [5.74, 6) is 2.04. The Bertz CT molecular complexity index is 135. The van der Waals surface area contributed by atoms with E-state index < -0.39 is 0 Å². The Balaban J connectivity index is 0.000000336. The van der Waals surface area contributed by atoms with Gasteiger partial charge in [0.25, 0.3) is 0 Å². The van der Waals surface area contributed by atoms with Crippen LogP contribution in [0, 0.1) is 11.8 Å². The average molecular weight is 166 g/mol. The normalized spacial score (nSPS) is 33.2. The Morgan fingerprint density at radius 1 is 1.00 bits per heavy atom. The van der Waals surface area contributed by atoms with Crippen LogP contribution in [0.4, 0.5) is 0 Å². The molecule has 0 spiro atoms. The van der Waals surface area contributed by atoms with E-state index >= 15 is 0 Å². The maximum Gasteiger partial charge on any atom is -0.0205 e. The molecule has 0 aromatic rings. The zero-order valence-electron chi connectivity index (χ0n) is 8.55. The first-order valence-electron chi connectivity index (χ1n) is 5.63. The fourth-order valence-electron chi connectivity index (χ4n) is 2.43. The van der Waals surface area contributed by atoms with Crippen molar-refractivity contribution in [3.63, 3.8) is 0 Å². The largest absolute Gasteiger partial charge is 0.0882 e. The van der Waals surface area contributed by atoms with Gasteiger partial charge in [-0.25, -0.2) is 0 Å². The Morgan fingerprint density at radius 3 is 2.50 bits per heavy atom. The standard InChI is InChI=1S/C10H16.C2H6/c1-2-6-10-8-4-3-7-9(10)5-1;1-2/h1,5,9-10H,2-4,6-8H2;1-2H3. The van der Waals surface area contributed by atoms with E-state index in [0.717, 1.165) is 11.8 Å². The van der Waals surface area contributed by atoms with Crippen molar-refractivity contribution in [3.8, 4) is 0 Å². The van der Waals surface area contributed by atoms with Gasteiger partial charge in [-0.15, -0.1) is 0 Å². The van der Waals surface area contributed by atoms with Gasteiger partial charge in [0.05, 0.1) is 0 Å². The molecule has 0 aromatic heterocycles. The third-order valence-corrected chi connectivity index (χ3v) is 3.06. The van der Waals surface area contributed by atoms with Crippen LogP contribution in [0.5, 0.6) is 0 Å². The van der Waals surface area contributed by atoms with E-state index in [-0.39, 0.29) is 0 Å². The molecule has 1 fully saturated rings. The monoisotopic (exact) mass is 166 g/mol. The highest BCUT2D eigenvalue weighted by Crippen LogP contribution is 2.36. The van der Waals surface area contributed by atoms with E-state index in [1.807, 2.05) is 13.8 Å². The molecule has 0 heterocycles. The van der Waals surface area contributed by atoms with E-state index in [4.69, 9.17) is 0 Å². The summed E-state index contributed by atoms with van der Waals surface area (Å²) in [5, 5.41) is 0. The van der Waals surface area contributed by atoms with Crippen LogP contribution in [0.2, 0.25) is 0 Å². The lowest BCUT2D eigenvalue weighted by Gasteiger charge is -2.31. The van der Waals surface area contributed by atoms with Crippen molar-refractivity contribution < 1.29 is 0 Å². The summed E-state index contributed by atoms with van der Waals surface area (Å²) in [4.78, 5) is 0. The quantitative estimate of drug-likeness (QED) is 0.474. The van der Waals surface area contributed by atoms with Crippen LogP contribution in [0.3, 0.4) is 0 Å². The van der Waals surface area contributed by atoms with Crippen molar-refractivity contribution in [3.05, 3.63) is 12.2 Å². The average Bonchev–Trinajstić information content (AvgIpc) is 2.21. The lowest BCUT2D eigenvalue weighted by molar-refractivity contribution is 0.259. The van der Waals surface area contributed by atoms with Gasteiger partial charge in [0.2, 0.25) is 0 Å². The molecule has 0 heteroatoms. The lowest BCUT2D eigenvalue weighted by atomic mass is 9.74. The van der Waals surface area contributed by atoms with Gasteiger partial charge in [-0.05, 0) is 37.5 Å². The van der Waals surface area contributed by atoms with Crippen molar-refractivity contribution in [2.45, 2.75) is 52.4 Å². The van der Waals surface area contributed by atoms with Gasteiger partial charge in [-0.1, -0.05) is 38.8 Å². The fraction of sp³-hybridized carbons (Fsp3) is 0.833. The van der Waals surface area contributed by atoms with Crippen LogP contribution in [-0.4, -0.2) is 0 Å². The highest BCUT2D eigenvalue weighted by atomic mass is 14.3. The van der Waals surface area contributed by atoms with E-state index in [0.29, 0.717) is 0 Å². The predicted octanol–water partition coefficient (Wildman–Crippen LogP) is 4.17. The van der Waals surface area contributed by atoms with E-state index in [2.05, 4.69) is 12.2 Å². The molecule has 0 N–H and O–H groups in total. The second-order valence-electron chi connectivity index (χ2n) is 3.71. The molecule has 0 saturated heterocycles. The van der Waals surface area contributed by atoms with Gasteiger partial charge >= 0.3 is 0 Å². The SMILES string of the molecule is C1=CC2CCCCC2CC1.CC. The molecule has 2 unspecified atom stereocenters. The Kier molecular flexibility index (Phi) is 4.42. The molecule has 0 radical (unpaired) electrons. The minimum atomic E-state index is 0.975. The molecule has 2 rings (SSSR count). The zero-order valence-corrected chi connectivity index (χ0v) is 8.55. The molecule has 0 bridgehead atoms. The predicted molar refractivity (Wildman–Crippen MR) is 55.2 cm³/mol. The third kappa shape index (κ3) is 2.36. The molecule has 0 aromatic carbocycles. The Morgan fingerprint density at radius 2 is 1.75 bits per heavy atom. The van der Waals surface area contributed by atoms with Crippen LogP contribution in [0.15, 0.2) is 12.2 Å². The molecule has 1 saturated carbocycles. The van der Waals surface area contributed by atoms with Crippen molar-refractivity contribution in [2.75, 3.05) is 0 Å². The first-order valence-corrected chi connectivity index (χ1v) is 5.63. The highest BCUT2D eigenvalue weighted by Gasteiger charge is 2.23. The zero-order chi connectivity index (χ0) is 8.81.